The highest BCUT2D eigenvalue weighted by molar-refractivity contribution is 5.92. The van der Waals surface area contributed by atoms with Crippen molar-refractivity contribution in [1.82, 2.24) is 0 Å². The van der Waals surface area contributed by atoms with Gasteiger partial charge in [-0.1, -0.05) is 0 Å². The summed E-state index contributed by atoms with van der Waals surface area (Å²) in [4.78, 5) is 15.0. The van der Waals surface area contributed by atoms with Gasteiger partial charge in [-0.3, -0.25) is 4.99 Å². The van der Waals surface area contributed by atoms with Crippen LogP contribution in [0.2, 0.25) is 0 Å². The predicted octanol–water partition coefficient (Wildman–Crippen LogP) is 1.73. The van der Waals surface area contributed by atoms with Gasteiger partial charge in [0.15, 0.2) is 11.5 Å². The van der Waals surface area contributed by atoms with Gasteiger partial charge in [0.05, 0.1) is 12.8 Å². The van der Waals surface area contributed by atoms with Crippen LogP contribution in [0.25, 0.3) is 0 Å². The summed E-state index contributed by atoms with van der Waals surface area (Å²) in [6.07, 6.45) is 1.50. The predicted molar refractivity (Wildman–Crippen MR) is 80.6 cm³/mol. The molecule has 7 heteroatoms. The first-order valence-electron chi connectivity index (χ1n) is 5.98. The lowest BCUT2D eigenvalue weighted by atomic mass is 10.2. The van der Waals surface area contributed by atoms with Crippen molar-refractivity contribution in [2.75, 3.05) is 7.11 Å². The van der Waals surface area contributed by atoms with Crippen LogP contribution in [-0.4, -0.2) is 40.1 Å². The van der Waals surface area contributed by atoms with Crippen LogP contribution in [0.4, 0.5) is 5.69 Å². The number of benzene rings is 2. The Bertz CT molecular complexity index is 711. The summed E-state index contributed by atoms with van der Waals surface area (Å²) in [5.41, 5.74) is 0.847. The number of carboxylic acids is 1. The van der Waals surface area contributed by atoms with E-state index in [0.29, 0.717) is 17.0 Å². The van der Waals surface area contributed by atoms with Gasteiger partial charge in [0.25, 0.3) is 0 Å². The molecule has 0 radical (unpaired) electrons. The van der Waals surface area contributed by atoms with Crippen LogP contribution >= 0.6 is 0 Å². The van der Waals surface area contributed by atoms with Crippen LogP contribution < -0.4 is 4.74 Å². The second-order valence-corrected chi connectivity index (χ2v) is 4.20. The fourth-order valence-electron chi connectivity index (χ4n) is 1.70. The van der Waals surface area contributed by atoms with E-state index in [1.807, 2.05) is 0 Å². The molecule has 0 bridgehead atoms. The van der Waals surface area contributed by atoms with E-state index in [1.165, 1.54) is 37.6 Å². The number of methoxy groups -OCH3 is 1. The van der Waals surface area contributed by atoms with Crippen LogP contribution in [0.1, 0.15) is 15.9 Å². The average molecular weight is 305 g/mol. The van der Waals surface area contributed by atoms with Gasteiger partial charge >= 0.3 is 5.97 Å². The Hall–Kier alpha value is -3.06. The molecule has 0 aliphatic rings. The zero-order chi connectivity index (χ0) is 15.4. The Labute approximate surface area is 126 Å². The molecule has 0 unspecified atom stereocenters. The number of hydrogen-bond acceptors (Lipinski definition) is 5. The summed E-state index contributed by atoms with van der Waals surface area (Å²) in [6.45, 7) is 0. The number of hydrogen-bond donors (Lipinski definition) is 3. The van der Waals surface area contributed by atoms with E-state index in [4.69, 9.17) is 9.84 Å². The zero-order valence-corrected chi connectivity index (χ0v) is 11.6. The SMILES string of the molecule is COc1cc(C=Nc2ccc(O)c(C(=O)O)c2)ccc1O.O. The van der Waals surface area contributed by atoms with E-state index in [2.05, 4.69) is 4.99 Å². The largest absolute Gasteiger partial charge is 0.507 e. The van der Waals surface area contributed by atoms with Crippen molar-refractivity contribution in [3.63, 3.8) is 0 Å². The maximum Gasteiger partial charge on any atom is 0.339 e. The molecule has 5 N–H and O–H groups in total. The number of carbonyl (C=O) groups is 1. The third-order valence-corrected chi connectivity index (χ3v) is 2.78. The third-order valence-electron chi connectivity index (χ3n) is 2.78. The molecule has 2 rings (SSSR count). The fraction of sp³-hybridized carbons (Fsp3) is 0.0667. The minimum absolute atomic E-state index is 0. The van der Waals surface area contributed by atoms with Crippen molar-refractivity contribution in [2.45, 2.75) is 0 Å². The van der Waals surface area contributed by atoms with Crippen molar-refractivity contribution in [2.24, 2.45) is 4.99 Å². The van der Waals surface area contributed by atoms with Crippen LogP contribution in [0, 0.1) is 0 Å². The van der Waals surface area contributed by atoms with Gasteiger partial charge in [-0.2, -0.15) is 0 Å². The molecule has 0 amide bonds. The van der Waals surface area contributed by atoms with Crippen molar-refractivity contribution in [3.05, 3.63) is 47.5 Å². The molecule has 0 saturated carbocycles. The summed E-state index contributed by atoms with van der Waals surface area (Å²) >= 11 is 0. The highest BCUT2D eigenvalue weighted by Gasteiger charge is 2.09. The molecule has 0 aliphatic heterocycles. The van der Waals surface area contributed by atoms with Gasteiger partial charge in [-0.15, -0.1) is 0 Å². The van der Waals surface area contributed by atoms with Gasteiger partial charge in [0.2, 0.25) is 0 Å². The Balaban J connectivity index is 0.00000242. The Kier molecular flexibility index (Phi) is 5.48. The normalized spacial score (nSPS) is 10.2. The molecular formula is C15H15NO6. The molecule has 0 atom stereocenters. The molecule has 116 valence electrons. The standard InChI is InChI=1S/C15H13NO5.H2O/c1-21-14-6-9(2-4-13(14)18)8-16-10-3-5-12(17)11(7-10)15(19)20;/h2-8,17-18H,1H3,(H,19,20);1H2. The topological polar surface area (TPSA) is 131 Å². The molecular weight excluding hydrogens is 290 g/mol. The number of aromatic hydroxyl groups is 2. The van der Waals surface area contributed by atoms with Gasteiger partial charge in [0, 0.05) is 6.21 Å². The summed E-state index contributed by atoms with van der Waals surface area (Å²) < 4.78 is 4.98. The highest BCUT2D eigenvalue weighted by Crippen LogP contribution is 2.26. The second-order valence-electron chi connectivity index (χ2n) is 4.20. The lowest BCUT2D eigenvalue weighted by Gasteiger charge is -2.03. The second kappa shape index (κ2) is 7.09. The van der Waals surface area contributed by atoms with E-state index >= 15 is 0 Å². The quantitative estimate of drug-likeness (QED) is 0.740. The maximum atomic E-state index is 10.9. The third kappa shape index (κ3) is 3.74. The average Bonchev–Trinajstić information content (AvgIpc) is 2.47. The highest BCUT2D eigenvalue weighted by atomic mass is 16.5. The van der Waals surface area contributed by atoms with Crippen LogP contribution in [-0.2, 0) is 0 Å². The van der Waals surface area contributed by atoms with Crippen LogP contribution in [0.3, 0.4) is 0 Å². The van der Waals surface area contributed by atoms with E-state index in [1.54, 1.807) is 12.1 Å². The number of ether oxygens (including phenoxy) is 1. The van der Waals surface area contributed by atoms with Gasteiger partial charge in [-0.25, -0.2) is 4.79 Å². The molecule has 0 saturated heterocycles. The van der Waals surface area contributed by atoms with Gasteiger partial charge < -0.3 is 25.5 Å². The van der Waals surface area contributed by atoms with Crippen LogP contribution in [0.15, 0.2) is 41.4 Å². The number of nitrogens with zero attached hydrogens (tertiary/aromatic N) is 1. The first-order chi connectivity index (χ1) is 10.0. The van der Waals surface area contributed by atoms with Crippen molar-refractivity contribution in [3.8, 4) is 17.2 Å². The Morgan fingerprint density at radius 2 is 1.82 bits per heavy atom. The van der Waals surface area contributed by atoms with Gasteiger partial charge in [-0.05, 0) is 42.0 Å². The van der Waals surface area contributed by atoms with E-state index in [9.17, 15) is 15.0 Å². The summed E-state index contributed by atoms with van der Waals surface area (Å²) in [5, 5.41) is 27.8. The number of rotatable bonds is 4. The summed E-state index contributed by atoms with van der Waals surface area (Å²) in [6, 6.07) is 8.74. The van der Waals surface area contributed by atoms with E-state index < -0.39 is 5.97 Å². The monoisotopic (exact) mass is 305 g/mol. The minimum Gasteiger partial charge on any atom is -0.507 e. The zero-order valence-electron chi connectivity index (χ0n) is 11.6. The molecule has 0 aromatic heterocycles. The fourth-order valence-corrected chi connectivity index (χ4v) is 1.70. The summed E-state index contributed by atoms with van der Waals surface area (Å²) in [7, 11) is 1.44. The number of aliphatic imine (C=N–C) groups is 1. The first kappa shape index (κ1) is 17.0. The lowest BCUT2D eigenvalue weighted by molar-refractivity contribution is 0.0693. The molecule has 2 aromatic rings. The molecule has 22 heavy (non-hydrogen) atoms. The molecule has 0 fully saturated rings. The molecule has 7 nitrogen and oxygen atoms in total. The smallest absolute Gasteiger partial charge is 0.339 e. The van der Waals surface area contributed by atoms with Crippen molar-refractivity contribution >= 4 is 17.9 Å². The maximum absolute atomic E-state index is 10.9. The lowest BCUT2D eigenvalue weighted by Crippen LogP contribution is -1.95. The van der Waals surface area contributed by atoms with Crippen molar-refractivity contribution < 1.29 is 30.3 Å². The number of phenols is 2. The molecule has 0 spiro atoms. The summed E-state index contributed by atoms with van der Waals surface area (Å²) in [5.74, 6) is -1.20. The Morgan fingerprint density at radius 1 is 1.14 bits per heavy atom. The van der Waals surface area contributed by atoms with E-state index in [-0.39, 0.29) is 22.5 Å². The van der Waals surface area contributed by atoms with Crippen LogP contribution in [0.5, 0.6) is 17.2 Å². The number of aromatic carboxylic acids is 1. The van der Waals surface area contributed by atoms with Crippen molar-refractivity contribution in [1.29, 1.82) is 0 Å². The number of carboxylic acid groups (broad SMARTS) is 1. The van der Waals surface area contributed by atoms with Gasteiger partial charge in [0.1, 0.15) is 11.3 Å². The Morgan fingerprint density at radius 3 is 2.45 bits per heavy atom. The molecule has 0 heterocycles. The van der Waals surface area contributed by atoms with E-state index in [0.717, 1.165) is 0 Å². The number of phenolic OH excluding ortho intramolecular Hbond substituents is 1. The minimum atomic E-state index is -1.23. The molecule has 0 aliphatic carbocycles. The molecule has 2 aromatic carbocycles. The first-order valence-corrected chi connectivity index (χ1v) is 5.98.